The van der Waals surface area contributed by atoms with Gasteiger partial charge in [0.05, 0.1) is 13.0 Å². The number of benzene rings is 2. The van der Waals surface area contributed by atoms with Gasteiger partial charge in [-0.15, -0.1) is 0 Å². The Labute approximate surface area is 181 Å². The lowest BCUT2D eigenvalue weighted by atomic mass is 10.1. The summed E-state index contributed by atoms with van der Waals surface area (Å²) in [5, 5.41) is 6.70. The molecule has 2 heterocycles. The number of anilines is 1. The molecule has 3 amide bonds. The van der Waals surface area contributed by atoms with Crippen molar-refractivity contribution in [3.8, 4) is 0 Å². The van der Waals surface area contributed by atoms with Gasteiger partial charge in [-0.1, -0.05) is 18.2 Å². The highest BCUT2D eigenvalue weighted by atomic mass is 16.2. The number of nitrogens with zero attached hydrogens (tertiary/aromatic N) is 2. The van der Waals surface area contributed by atoms with E-state index in [-0.39, 0.29) is 30.7 Å². The molecule has 3 aromatic rings. The minimum Gasteiger partial charge on any atom is -0.353 e. The molecule has 0 atom stereocenters. The van der Waals surface area contributed by atoms with Crippen molar-refractivity contribution in [2.45, 2.75) is 26.3 Å². The van der Waals surface area contributed by atoms with Gasteiger partial charge in [0.15, 0.2) is 0 Å². The third-order valence-electron chi connectivity index (χ3n) is 5.47. The molecule has 0 bridgehead atoms. The fourth-order valence-corrected chi connectivity index (χ4v) is 3.91. The summed E-state index contributed by atoms with van der Waals surface area (Å²) in [4.78, 5) is 38.3. The molecule has 0 saturated carbocycles. The topological polar surface area (TPSA) is 83.4 Å². The number of amides is 3. The van der Waals surface area contributed by atoms with Crippen molar-refractivity contribution >= 4 is 34.3 Å². The smallest absolute Gasteiger partial charge is 0.254 e. The van der Waals surface area contributed by atoms with E-state index in [0.29, 0.717) is 30.4 Å². The number of nitrogens with one attached hydrogen (secondary N) is 2. The number of hydrogen-bond acceptors (Lipinski definition) is 3. The maximum absolute atomic E-state index is 12.7. The van der Waals surface area contributed by atoms with Crippen LogP contribution in [-0.4, -0.2) is 46.8 Å². The number of carbonyl (C=O) groups excluding carboxylic acids is 3. The maximum atomic E-state index is 12.7. The minimum absolute atomic E-state index is 0.0707. The molecule has 0 radical (unpaired) electrons. The average molecular weight is 418 g/mol. The van der Waals surface area contributed by atoms with E-state index in [9.17, 15) is 14.4 Å². The summed E-state index contributed by atoms with van der Waals surface area (Å²) < 4.78 is 2.18. The number of piperazine rings is 1. The highest BCUT2D eigenvalue weighted by Gasteiger charge is 2.22. The van der Waals surface area contributed by atoms with Gasteiger partial charge in [-0.25, -0.2) is 0 Å². The van der Waals surface area contributed by atoms with Gasteiger partial charge in [-0.3, -0.25) is 14.4 Å². The van der Waals surface area contributed by atoms with Crippen LogP contribution in [0.5, 0.6) is 0 Å². The second-order valence-corrected chi connectivity index (χ2v) is 8.05. The Morgan fingerprint density at radius 3 is 2.55 bits per heavy atom. The molecule has 1 fully saturated rings. The van der Waals surface area contributed by atoms with Crippen LogP contribution in [-0.2, 0) is 16.0 Å². The van der Waals surface area contributed by atoms with Gasteiger partial charge in [0.1, 0.15) is 0 Å². The fourth-order valence-electron chi connectivity index (χ4n) is 3.91. The molecule has 1 aliphatic rings. The predicted molar refractivity (Wildman–Crippen MR) is 120 cm³/mol. The standard InChI is InChI=1S/C24H26N4O3/c1-16(2)28-14-18(20-5-3-4-6-21(20)28)13-22(29)26-19-9-7-17(8-10-19)24(31)27-12-11-25-23(30)15-27/h3-10,14,16H,11-13,15H2,1-2H3,(H,25,30)(H,26,29). The molecule has 31 heavy (non-hydrogen) atoms. The van der Waals surface area contributed by atoms with Crippen molar-refractivity contribution in [3.63, 3.8) is 0 Å². The van der Waals surface area contributed by atoms with E-state index in [1.165, 1.54) is 4.90 Å². The number of fused-ring (bicyclic) bond motifs is 1. The molecule has 1 aromatic heterocycles. The second kappa shape index (κ2) is 8.63. The SMILES string of the molecule is CC(C)n1cc(CC(=O)Nc2ccc(C(=O)N3CCNC(=O)C3)cc2)c2ccccc21. The van der Waals surface area contributed by atoms with Crippen molar-refractivity contribution < 1.29 is 14.4 Å². The van der Waals surface area contributed by atoms with Crippen LogP contribution in [0.15, 0.2) is 54.7 Å². The van der Waals surface area contributed by atoms with E-state index in [2.05, 4.69) is 35.1 Å². The van der Waals surface area contributed by atoms with E-state index in [1.54, 1.807) is 24.3 Å². The molecule has 7 nitrogen and oxygen atoms in total. The predicted octanol–water partition coefficient (Wildman–Crippen LogP) is 2.98. The lowest BCUT2D eigenvalue weighted by Crippen LogP contribution is -2.49. The number of para-hydroxylation sites is 1. The van der Waals surface area contributed by atoms with Crippen LogP contribution >= 0.6 is 0 Å². The third kappa shape index (κ3) is 4.45. The summed E-state index contributed by atoms with van der Waals surface area (Å²) in [5.41, 5.74) is 3.23. The van der Waals surface area contributed by atoms with Gasteiger partial charge >= 0.3 is 0 Å². The molecule has 0 aliphatic carbocycles. The van der Waals surface area contributed by atoms with E-state index in [0.717, 1.165) is 16.5 Å². The summed E-state index contributed by atoms with van der Waals surface area (Å²) in [6, 6.07) is 15.2. The van der Waals surface area contributed by atoms with E-state index in [4.69, 9.17) is 0 Å². The highest BCUT2D eigenvalue weighted by molar-refractivity contribution is 5.99. The fraction of sp³-hybridized carbons (Fsp3) is 0.292. The number of rotatable bonds is 5. The molecule has 1 saturated heterocycles. The third-order valence-corrected chi connectivity index (χ3v) is 5.47. The zero-order valence-electron chi connectivity index (χ0n) is 17.7. The highest BCUT2D eigenvalue weighted by Crippen LogP contribution is 2.25. The normalized spacial score (nSPS) is 14.0. The van der Waals surface area contributed by atoms with Gasteiger partial charge in [0.2, 0.25) is 11.8 Å². The van der Waals surface area contributed by atoms with E-state index in [1.807, 2.05) is 24.4 Å². The molecule has 1 aliphatic heterocycles. The van der Waals surface area contributed by atoms with Gasteiger partial charge in [0, 0.05) is 47.5 Å². The van der Waals surface area contributed by atoms with E-state index >= 15 is 0 Å². The number of aromatic nitrogens is 1. The molecule has 0 spiro atoms. The van der Waals surface area contributed by atoms with Crippen LogP contribution in [0.2, 0.25) is 0 Å². The average Bonchev–Trinajstić information content (AvgIpc) is 3.12. The Morgan fingerprint density at radius 2 is 1.84 bits per heavy atom. The van der Waals surface area contributed by atoms with Crippen molar-refractivity contribution in [3.05, 3.63) is 65.9 Å². The van der Waals surface area contributed by atoms with Crippen molar-refractivity contribution in [2.24, 2.45) is 0 Å². The summed E-state index contributed by atoms with van der Waals surface area (Å²) in [6.07, 6.45) is 2.31. The van der Waals surface area contributed by atoms with Crippen molar-refractivity contribution in [1.29, 1.82) is 0 Å². The minimum atomic E-state index is -0.186. The summed E-state index contributed by atoms with van der Waals surface area (Å²) >= 11 is 0. The summed E-state index contributed by atoms with van der Waals surface area (Å²) in [7, 11) is 0. The second-order valence-electron chi connectivity index (χ2n) is 8.05. The summed E-state index contributed by atoms with van der Waals surface area (Å²) in [6.45, 7) is 5.27. The van der Waals surface area contributed by atoms with Crippen LogP contribution in [0, 0.1) is 0 Å². The molecular formula is C24H26N4O3. The van der Waals surface area contributed by atoms with Crippen LogP contribution in [0.3, 0.4) is 0 Å². The Morgan fingerprint density at radius 1 is 1.10 bits per heavy atom. The molecule has 160 valence electrons. The lowest BCUT2D eigenvalue weighted by molar-refractivity contribution is -0.123. The van der Waals surface area contributed by atoms with Gasteiger partial charge in [-0.05, 0) is 49.7 Å². The Bertz CT molecular complexity index is 1130. The van der Waals surface area contributed by atoms with E-state index < -0.39 is 0 Å². The van der Waals surface area contributed by atoms with Gasteiger partial charge < -0.3 is 20.1 Å². The Kier molecular flexibility index (Phi) is 5.75. The Hall–Kier alpha value is -3.61. The number of carbonyl (C=O) groups is 3. The van der Waals surface area contributed by atoms with Gasteiger partial charge in [-0.2, -0.15) is 0 Å². The van der Waals surface area contributed by atoms with Crippen molar-refractivity contribution in [1.82, 2.24) is 14.8 Å². The molecule has 2 N–H and O–H groups in total. The quantitative estimate of drug-likeness (QED) is 0.668. The first-order valence-electron chi connectivity index (χ1n) is 10.5. The Balaban J connectivity index is 1.43. The van der Waals surface area contributed by atoms with Crippen LogP contribution < -0.4 is 10.6 Å². The maximum Gasteiger partial charge on any atom is 0.254 e. The molecule has 0 unspecified atom stereocenters. The molecule has 4 rings (SSSR count). The largest absolute Gasteiger partial charge is 0.353 e. The summed E-state index contributed by atoms with van der Waals surface area (Å²) in [5.74, 6) is -0.449. The first kappa shape index (κ1) is 20.7. The first-order chi connectivity index (χ1) is 14.9. The monoisotopic (exact) mass is 418 g/mol. The molecular weight excluding hydrogens is 392 g/mol. The number of hydrogen-bond donors (Lipinski definition) is 2. The van der Waals surface area contributed by atoms with Gasteiger partial charge in [0.25, 0.3) is 5.91 Å². The van der Waals surface area contributed by atoms with Crippen LogP contribution in [0.25, 0.3) is 10.9 Å². The zero-order chi connectivity index (χ0) is 22.0. The lowest BCUT2D eigenvalue weighted by Gasteiger charge is -2.26. The molecule has 2 aromatic carbocycles. The molecule has 7 heteroatoms. The zero-order valence-corrected chi connectivity index (χ0v) is 17.7. The van der Waals surface area contributed by atoms with Crippen LogP contribution in [0.1, 0.15) is 35.8 Å². The van der Waals surface area contributed by atoms with Crippen LogP contribution in [0.4, 0.5) is 5.69 Å². The van der Waals surface area contributed by atoms with Crippen molar-refractivity contribution in [2.75, 3.05) is 25.0 Å². The first-order valence-corrected chi connectivity index (χ1v) is 10.5.